The van der Waals surface area contributed by atoms with Crippen molar-refractivity contribution >= 4 is 17.2 Å². The van der Waals surface area contributed by atoms with Crippen LogP contribution in [0.2, 0.25) is 0 Å². The third kappa shape index (κ3) is 3.70. The number of ether oxygens (including phenoxy) is 2. The number of nitrogens with zero attached hydrogens (tertiary/aromatic N) is 1. The zero-order chi connectivity index (χ0) is 18.5. The zero-order valence-electron chi connectivity index (χ0n) is 14.1. The van der Waals surface area contributed by atoms with E-state index in [1.54, 1.807) is 37.8 Å². The molecule has 134 valence electrons. The Labute approximate surface area is 153 Å². The van der Waals surface area contributed by atoms with Gasteiger partial charge in [-0.3, -0.25) is 4.79 Å². The standard InChI is InChI=1S/C18H16N2O5S/c1-23-14-8-7-11(9-15(14)24-2)18-19-16(10-26-18)25-20-17(22)12-5-3-4-6-13(12)21/h3-10,21H,1-2H3,(H,20,22). The number of thiazole rings is 1. The molecule has 2 N–H and O–H groups in total. The van der Waals surface area contributed by atoms with Gasteiger partial charge in [-0.15, -0.1) is 11.3 Å². The maximum Gasteiger partial charge on any atom is 0.287 e. The van der Waals surface area contributed by atoms with Gasteiger partial charge in [-0.1, -0.05) is 12.1 Å². The van der Waals surface area contributed by atoms with Gasteiger partial charge in [0, 0.05) is 5.56 Å². The van der Waals surface area contributed by atoms with Crippen LogP contribution in [-0.4, -0.2) is 30.2 Å². The molecule has 3 aromatic rings. The van der Waals surface area contributed by atoms with Crippen molar-refractivity contribution in [2.45, 2.75) is 0 Å². The van der Waals surface area contributed by atoms with Gasteiger partial charge >= 0.3 is 0 Å². The van der Waals surface area contributed by atoms with E-state index in [9.17, 15) is 9.90 Å². The van der Waals surface area contributed by atoms with Gasteiger partial charge in [0.1, 0.15) is 10.8 Å². The molecule has 1 amide bonds. The molecular formula is C18H16N2O5S. The summed E-state index contributed by atoms with van der Waals surface area (Å²) in [6.45, 7) is 0. The van der Waals surface area contributed by atoms with Crippen molar-refractivity contribution < 1.29 is 24.2 Å². The third-order valence-corrected chi connectivity index (χ3v) is 4.38. The topological polar surface area (TPSA) is 89.9 Å². The fourth-order valence-electron chi connectivity index (χ4n) is 2.23. The Morgan fingerprint density at radius 3 is 2.62 bits per heavy atom. The second kappa shape index (κ2) is 7.75. The summed E-state index contributed by atoms with van der Waals surface area (Å²) < 4.78 is 10.5. The molecule has 8 heteroatoms. The van der Waals surface area contributed by atoms with E-state index in [2.05, 4.69) is 10.5 Å². The van der Waals surface area contributed by atoms with Crippen molar-refractivity contribution in [2.75, 3.05) is 14.2 Å². The molecule has 0 aliphatic rings. The van der Waals surface area contributed by atoms with Gasteiger partial charge in [-0.25, -0.2) is 0 Å². The van der Waals surface area contributed by atoms with Crippen molar-refractivity contribution in [3.05, 3.63) is 53.4 Å². The van der Waals surface area contributed by atoms with Crippen LogP contribution in [0, 0.1) is 0 Å². The first kappa shape index (κ1) is 17.6. The lowest BCUT2D eigenvalue weighted by atomic mass is 10.2. The van der Waals surface area contributed by atoms with Crippen LogP contribution >= 0.6 is 11.3 Å². The van der Waals surface area contributed by atoms with E-state index in [0.717, 1.165) is 5.56 Å². The zero-order valence-corrected chi connectivity index (χ0v) is 14.9. The molecule has 7 nitrogen and oxygen atoms in total. The Morgan fingerprint density at radius 1 is 1.12 bits per heavy atom. The number of phenols is 1. The van der Waals surface area contributed by atoms with Crippen LogP contribution in [0.15, 0.2) is 47.8 Å². The number of hydrogen-bond acceptors (Lipinski definition) is 7. The monoisotopic (exact) mass is 372 g/mol. The van der Waals surface area contributed by atoms with E-state index in [1.165, 1.54) is 23.5 Å². The van der Waals surface area contributed by atoms with Crippen LogP contribution in [0.25, 0.3) is 10.6 Å². The Morgan fingerprint density at radius 2 is 1.88 bits per heavy atom. The average Bonchev–Trinajstić information content (AvgIpc) is 3.15. The largest absolute Gasteiger partial charge is 0.507 e. The number of aromatic nitrogens is 1. The summed E-state index contributed by atoms with van der Waals surface area (Å²) in [4.78, 5) is 21.6. The molecule has 0 unspecified atom stereocenters. The first-order chi connectivity index (χ1) is 12.6. The van der Waals surface area contributed by atoms with Gasteiger partial charge in [0.2, 0.25) is 0 Å². The molecular weight excluding hydrogens is 356 g/mol. The SMILES string of the molecule is COc1ccc(-c2nc(ONC(=O)c3ccccc3O)cs2)cc1OC. The number of rotatable bonds is 6. The highest BCUT2D eigenvalue weighted by molar-refractivity contribution is 7.13. The van der Waals surface area contributed by atoms with Crippen LogP contribution in [0.5, 0.6) is 23.1 Å². The molecule has 2 aromatic carbocycles. The number of para-hydroxylation sites is 1. The van der Waals surface area contributed by atoms with E-state index in [4.69, 9.17) is 14.3 Å². The van der Waals surface area contributed by atoms with Crippen LogP contribution in [0.1, 0.15) is 10.4 Å². The minimum absolute atomic E-state index is 0.114. The molecule has 0 aliphatic heterocycles. The number of nitrogens with one attached hydrogen (secondary N) is 1. The van der Waals surface area contributed by atoms with Crippen molar-refractivity contribution in [1.29, 1.82) is 0 Å². The van der Waals surface area contributed by atoms with Crippen LogP contribution in [0.3, 0.4) is 0 Å². The van der Waals surface area contributed by atoms with E-state index in [-0.39, 0.29) is 17.2 Å². The summed E-state index contributed by atoms with van der Waals surface area (Å²) >= 11 is 1.35. The number of phenolic OH excluding ortho intramolecular Hbond substituents is 1. The third-order valence-electron chi connectivity index (χ3n) is 3.51. The lowest BCUT2D eigenvalue weighted by Crippen LogP contribution is -2.27. The number of amides is 1. The molecule has 0 atom stereocenters. The smallest absolute Gasteiger partial charge is 0.287 e. The molecule has 0 spiro atoms. The highest BCUT2D eigenvalue weighted by Crippen LogP contribution is 2.34. The predicted octanol–water partition coefficient (Wildman–Crippen LogP) is 3.26. The van der Waals surface area contributed by atoms with E-state index >= 15 is 0 Å². The molecule has 1 heterocycles. The summed E-state index contributed by atoms with van der Waals surface area (Å²) in [6.07, 6.45) is 0. The Kier molecular flexibility index (Phi) is 5.23. The number of carbonyl (C=O) groups excluding carboxylic acids is 1. The minimum Gasteiger partial charge on any atom is -0.507 e. The lowest BCUT2D eigenvalue weighted by molar-refractivity contribution is 0.0749. The molecule has 0 fully saturated rings. The predicted molar refractivity (Wildman–Crippen MR) is 96.9 cm³/mol. The van der Waals surface area contributed by atoms with Crippen molar-refractivity contribution in [3.8, 4) is 33.7 Å². The maximum atomic E-state index is 12.0. The molecule has 26 heavy (non-hydrogen) atoms. The van der Waals surface area contributed by atoms with Crippen LogP contribution < -0.4 is 19.8 Å². The summed E-state index contributed by atoms with van der Waals surface area (Å²) in [5, 5.41) is 12.0. The van der Waals surface area contributed by atoms with Crippen molar-refractivity contribution in [2.24, 2.45) is 0 Å². The van der Waals surface area contributed by atoms with Crippen LogP contribution in [-0.2, 0) is 0 Å². The number of hydroxylamine groups is 1. The van der Waals surface area contributed by atoms with Gasteiger partial charge in [0.05, 0.1) is 25.2 Å². The average molecular weight is 372 g/mol. The summed E-state index contributed by atoms with van der Waals surface area (Å²) in [6, 6.07) is 11.6. The van der Waals surface area contributed by atoms with Gasteiger partial charge in [-0.2, -0.15) is 10.5 Å². The summed E-state index contributed by atoms with van der Waals surface area (Å²) in [5.74, 6) is 0.764. The quantitative estimate of drug-likeness (QED) is 0.646. The second-order valence-electron chi connectivity index (χ2n) is 5.11. The highest BCUT2D eigenvalue weighted by atomic mass is 32.1. The van der Waals surface area contributed by atoms with Gasteiger partial charge in [0.15, 0.2) is 11.5 Å². The Balaban J connectivity index is 1.70. The summed E-state index contributed by atoms with van der Waals surface area (Å²) in [5.41, 5.74) is 3.20. The molecule has 0 aliphatic carbocycles. The minimum atomic E-state index is -0.566. The Hall–Kier alpha value is -3.26. The molecule has 3 rings (SSSR count). The molecule has 0 radical (unpaired) electrons. The molecule has 0 saturated heterocycles. The van der Waals surface area contributed by atoms with Crippen LogP contribution in [0.4, 0.5) is 0 Å². The first-order valence-corrected chi connectivity index (χ1v) is 8.43. The normalized spacial score (nSPS) is 10.2. The molecule has 0 saturated carbocycles. The van der Waals surface area contributed by atoms with E-state index in [0.29, 0.717) is 16.5 Å². The maximum absolute atomic E-state index is 12.0. The van der Waals surface area contributed by atoms with Gasteiger partial charge in [-0.05, 0) is 30.3 Å². The second-order valence-corrected chi connectivity index (χ2v) is 5.97. The number of benzene rings is 2. The summed E-state index contributed by atoms with van der Waals surface area (Å²) in [7, 11) is 3.13. The number of hydrogen-bond donors (Lipinski definition) is 2. The number of carbonyl (C=O) groups is 1. The van der Waals surface area contributed by atoms with E-state index in [1.807, 2.05) is 12.1 Å². The number of aromatic hydroxyl groups is 1. The molecule has 1 aromatic heterocycles. The fourth-order valence-corrected chi connectivity index (χ4v) is 2.95. The van der Waals surface area contributed by atoms with Gasteiger partial charge < -0.3 is 19.4 Å². The molecule has 0 bridgehead atoms. The van der Waals surface area contributed by atoms with E-state index < -0.39 is 5.91 Å². The lowest BCUT2D eigenvalue weighted by Gasteiger charge is -2.08. The first-order valence-electron chi connectivity index (χ1n) is 7.55. The van der Waals surface area contributed by atoms with Gasteiger partial charge in [0.25, 0.3) is 11.8 Å². The highest BCUT2D eigenvalue weighted by Gasteiger charge is 2.13. The van der Waals surface area contributed by atoms with Crippen molar-refractivity contribution in [3.63, 3.8) is 0 Å². The Bertz CT molecular complexity index is 925. The number of methoxy groups -OCH3 is 2. The van der Waals surface area contributed by atoms with Crippen molar-refractivity contribution in [1.82, 2.24) is 10.5 Å². The fraction of sp³-hybridized carbons (Fsp3) is 0.111.